The van der Waals surface area contributed by atoms with Crippen LogP contribution in [0.5, 0.6) is 0 Å². The van der Waals surface area contributed by atoms with Crippen LogP contribution in [0, 0.1) is 5.92 Å². The fourth-order valence-electron chi connectivity index (χ4n) is 2.96. The second-order valence-corrected chi connectivity index (χ2v) is 9.20. The molecule has 0 saturated heterocycles. The molecular formula is C15H24N2O2S2. The Morgan fingerprint density at radius 2 is 2.05 bits per heavy atom. The average molecular weight is 329 g/mol. The number of hydrogen-bond donors (Lipinski definition) is 2. The maximum Gasteiger partial charge on any atom is 0.241 e. The Hall–Kier alpha value is -0.430. The Bertz CT molecular complexity index is 578. The number of thiophene rings is 1. The molecule has 3 rings (SSSR count). The fourth-order valence-corrected chi connectivity index (χ4v) is 5.46. The van der Waals surface area contributed by atoms with E-state index in [4.69, 9.17) is 0 Å². The lowest BCUT2D eigenvalue weighted by atomic mass is 9.88. The van der Waals surface area contributed by atoms with Crippen LogP contribution in [0.15, 0.2) is 16.3 Å². The molecule has 2 aliphatic carbocycles. The van der Waals surface area contributed by atoms with Crippen LogP contribution in [0.25, 0.3) is 0 Å². The van der Waals surface area contributed by atoms with E-state index in [1.165, 1.54) is 30.6 Å². The van der Waals surface area contributed by atoms with Crippen LogP contribution in [-0.4, -0.2) is 20.5 Å². The van der Waals surface area contributed by atoms with Crippen molar-refractivity contribution in [1.82, 2.24) is 10.0 Å². The Kier molecular flexibility index (Phi) is 4.69. The van der Waals surface area contributed by atoms with Crippen molar-refractivity contribution in [2.45, 2.75) is 69.0 Å². The van der Waals surface area contributed by atoms with Crippen LogP contribution in [0.2, 0.25) is 0 Å². The minimum Gasteiger partial charge on any atom is -0.309 e. The molecule has 6 heteroatoms. The van der Waals surface area contributed by atoms with Crippen molar-refractivity contribution in [2.75, 3.05) is 0 Å². The molecule has 2 unspecified atom stereocenters. The molecule has 2 aliphatic rings. The van der Waals surface area contributed by atoms with Gasteiger partial charge < -0.3 is 5.32 Å². The SMILES string of the molecule is CC1CCCC(NS(=O)(=O)c2csc(CNC3CC3)c2)C1. The predicted molar refractivity (Wildman–Crippen MR) is 85.9 cm³/mol. The largest absolute Gasteiger partial charge is 0.309 e. The number of rotatable bonds is 6. The quantitative estimate of drug-likeness (QED) is 0.844. The summed E-state index contributed by atoms with van der Waals surface area (Å²) >= 11 is 1.53. The molecule has 2 atom stereocenters. The van der Waals surface area contributed by atoms with Crippen LogP contribution < -0.4 is 10.0 Å². The second-order valence-electron chi connectivity index (χ2n) is 6.49. The average Bonchev–Trinajstić information content (AvgIpc) is 3.12. The predicted octanol–water partition coefficient (Wildman–Crippen LogP) is 2.86. The summed E-state index contributed by atoms with van der Waals surface area (Å²) < 4.78 is 27.8. The molecule has 0 bridgehead atoms. The van der Waals surface area contributed by atoms with Gasteiger partial charge in [-0.25, -0.2) is 13.1 Å². The zero-order chi connectivity index (χ0) is 14.9. The molecule has 2 saturated carbocycles. The van der Waals surface area contributed by atoms with Crippen LogP contribution in [0.3, 0.4) is 0 Å². The van der Waals surface area contributed by atoms with Gasteiger partial charge in [0.25, 0.3) is 0 Å². The molecule has 4 nitrogen and oxygen atoms in total. The van der Waals surface area contributed by atoms with Crippen molar-refractivity contribution < 1.29 is 8.42 Å². The fraction of sp³-hybridized carbons (Fsp3) is 0.733. The Morgan fingerprint density at radius 3 is 2.76 bits per heavy atom. The number of hydrogen-bond acceptors (Lipinski definition) is 4. The Balaban J connectivity index is 1.60. The highest BCUT2D eigenvalue weighted by atomic mass is 32.2. The van der Waals surface area contributed by atoms with Gasteiger partial charge in [0.1, 0.15) is 0 Å². The molecule has 0 aliphatic heterocycles. The van der Waals surface area contributed by atoms with Gasteiger partial charge in [0.15, 0.2) is 0 Å². The molecule has 0 radical (unpaired) electrons. The molecule has 0 amide bonds. The highest BCUT2D eigenvalue weighted by Crippen LogP contribution is 2.26. The van der Waals surface area contributed by atoms with E-state index in [1.807, 2.05) is 6.07 Å². The van der Waals surface area contributed by atoms with Crippen molar-refractivity contribution in [1.29, 1.82) is 0 Å². The van der Waals surface area contributed by atoms with E-state index in [0.29, 0.717) is 16.9 Å². The van der Waals surface area contributed by atoms with Crippen LogP contribution in [-0.2, 0) is 16.6 Å². The first-order valence-corrected chi connectivity index (χ1v) is 10.2. The molecule has 2 N–H and O–H groups in total. The van der Waals surface area contributed by atoms with Gasteiger partial charge in [-0.2, -0.15) is 0 Å². The molecule has 1 heterocycles. The molecule has 0 spiro atoms. The third-order valence-corrected chi connectivity index (χ3v) is 6.93. The minimum absolute atomic E-state index is 0.103. The summed E-state index contributed by atoms with van der Waals surface area (Å²) in [5, 5.41) is 5.18. The topological polar surface area (TPSA) is 58.2 Å². The summed E-state index contributed by atoms with van der Waals surface area (Å²) in [5.74, 6) is 0.618. The van der Waals surface area contributed by atoms with E-state index < -0.39 is 10.0 Å². The summed E-state index contributed by atoms with van der Waals surface area (Å²) in [4.78, 5) is 1.53. The van der Waals surface area contributed by atoms with Gasteiger partial charge in [0.2, 0.25) is 10.0 Å². The van der Waals surface area contributed by atoms with E-state index in [0.717, 1.165) is 30.7 Å². The van der Waals surface area contributed by atoms with Gasteiger partial charge in [-0.3, -0.25) is 0 Å². The lowest BCUT2D eigenvalue weighted by Crippen LogP contribution is -2.37. The van der Waals surface area contributed by atoms with Crippen molar-refractivity contribution >= 4 is 21.4 Å². The summed E-state index contributed by atoms with van der Waals surface area (Å²) in [6, 6.07) is 2.56. The van der Waals surface area contributed by atoms with Gasteiger partial charge in [0.05, 0.1) is 4.90 Å². The van der Waals surface area contributed by atoms with Gasteiger partial charge in [0, 0.05) is 28.9 Å². The van der Waals surface area contributed by atoms with Crippen LogP contribution >= 0.6 is 11.3 Å². The first kappa shape index (κ1) is 15.5. The van der Waals surface area contributed by atoms with Gasteiger partial charge in [-0.05, 0) is 37.7 Å². The molecule has 118 valence electrons. The highest BCUT2D eigenvalue weighted by Gasteiger charge is 2.25. The normalized spacial score (nSPS) is 26.9. The highest BCUT2D eigenvalue weighted by molar-refractivity contribution is 7.89. The molecule has 1 aromatic heterocycles. The minimum atomic E-state index is -3.35. The third-order valence-electron chi connectivity index (χ3n) is 4.34. The smallest absolute Gasteiger partial charge is 0.241 e. The summed E-state index contributed by atoms with van der Waals surface area (Å²) in [5.41, 5.74) is 0. The zero-order valence-corrected chi connectivity index (χ0v) is 14.1. The van der Waals surface area contributed by atoms with Gasteiger partial charge in [-0.1, -0.05) is 19.8 Å². The summed E-state index contributed by atoms with van der Waals surface area (Å²) in [7, 11) is -3.35. The second kappa shape index (κ2) is 6.36. The van der Waals surface area contributed by atoms with Gasteiger partial charge >= 0.3 is 0 Å². The van der Waals surface area contributed by atoms with E-state index in [1.54, 1.807) is 5.38 Å². The molecule has 1 aromatic rings. The number of sulfonamides is 1. The lowest BCUT2D eigenvalue weighted by Gasteiger charge is -2.27. The molecule has 21 heavy (non-hydrogen) atoms. The first-order valence-electron chi connectivity index (χ1n) is 7.86. The molecular weight excluding hydrogens is 304 g/mol. The van der Waals surface area contributed by atoms with Crippen LogP contribution in [0.1, 0.15) is 50.3 Å². The maximum absolute atomic E-state index is 12.4. The van der Waals surface area contributed by atoms with Crippen molar-refractivity contribution in [3.8, 4) is 0 Å². The third kappa shape index (κ3) is 4.28. The maximum atomic E-state index is 12.4. The zero-order valence-electron chi connectivity index (χ0n) is 12.5. The standard InChI is InChI=1S/C15H24N2O2S2/c1-11-3-2-4-13(7-11)17-21(18,19)15-8-14(20-10-15)9-16-12-5-6-12/h8,10-13,16-17H,2-7,9H2,1H3. The Morgan fingerprint density at radius 1 is 1.24 bits per heavy atom. The van der Waals surface area contributed by atoms with E-state index in [9.17, 15) is 8.42 Å². The Labute approximate surface area is 131 Å². The lowest BCUT2D eigenvalue weighted by molar-refractivity contribution is 0.327. The molecule has 2 fully saturated rings. The van der Waals surface area contributed by atoms with Crippen LogP contribution in [0.4, 0.5) is 0 Å². The monoisotopic (exact) mass is 328 g/mol. The summed E-state index contributed by atoms with van der Waals surface area (Å²) in [6.07, 6.45) is 6.75. The van der Waals surface area contributed by atoms with E-state index >= 15 is 0 Å². The first-order chi connectivity index (χ1) is 10.0. The summed E-state index contributed by atoms with van der Waals surface area (Å²) in [6.45, 7) is 2.98. The van der Waals surface area contributed by atoms with Crippen molar-refractivity contribution in [2.24, 2.45) is 5.92 Å². The van der Waals surface area contributed by atoms with Crippen molar-refractivity contribution in [3.63, 3.8) is 0 Å². The molecule has 0 aromatic carbocycles. The number of nitrogens with one attached hydrogen (secondary N) is 2. The van der Waals surface area contributed by atoms with E-state index in [-0.39, 0.29) is 6.04 Å². The van der Waals surface area contributed by atoms with E-state index in [2.05, 4.69) is 17.0 Å². The van der Waals surface area contributed by atoms with Crippen molar-refractivity contribution in [3.05, 3.63) is 16.3 Å². The van der Waals surface area contributed by atoms with Gasteiger partial charge in [-0.15, -0.1) is 11.3 Å².